The van der Waals surface area contributed by atoms with Gasteiger partial charge in [-0.25, -0.2) is 9.37 Å². The minimum absolute atomic E-state index is 0.0337. The van der Waals surface area contributed by atoms with E-state index in [9.17, 15) is 9.18 Å². The number of hydrogen-bond donors (Lipinski definition) is 1. The van der Waals surface area contributed by atoms with Crippen molar-refractivity contribution in [2.45, 2.75) is 37.4 Å². The standard InChI is InChI=1S/C15H17FN2O2S/c1-9-2-4-11(6-9)18-13-5-3-10(16)7-12(13)17-15(18)21-8-14(19)20/h3,5,7,9,11H,2,4,6,8H2,1H3,(H,19,20). The molecule has 1 heterocycles. The van der Waals surface area contributed by atoms with Gasteiger partial charge in [0.15, 0.2) is 5.16 Å². The van der Waals surface area contributed by atoms with E-state index in [1.807, 2.05) is 0 Å². The van der Waals surface area contributed by atoms with Crippen molar-refractivity contribution in [3.8, 4) is 0 Å². The molecule has 0 amide bonds. The minimum Gasteiger partial charge on any atom is -0.481 e. The molecule has 0 radical (unpaired) electrons. The van der Waals surface area contributed by atoms with E-state index in [-0.39, 0.29) is 11.6 Å². The lowest BCUT2D eigenvalue weighted by Crippen LogP contribution is -2.08. The molecule has 1 aromatic heterocycles. The lowest BCUT2D eigenvalue weighted by atomic mass is 10.1. The van der Waals surface area contributed by atoms with Crippen LogP contribution in [0.2, 0.25) is 0 Å². The molecule has 112 valence electrons. The Morgan fingerprint density at radius 1 is 1.52 bits per heavy atom. The molecule has 2 aromatic rings. The summed E-state index contributed by atoms with van der Waals surface area (Å²) < 4.78 is 15.5. The van der Waals surface area contributed by atoms with E-state index in [4.69, 9.17) is 5.11 Å². The molecule has 0 saturated heterocycles. The maximum Gasteiger partial charge on any atom is 0.313 e. The number of imidazole rings is 1. The number of benzene rings is 1. The van der Waals surface area contributed by atoms with Crippen LogP contribution in [0.5, 0.6) is 0 Å². The second-order valence-corrected chi connectivity index (χ2v) is 6.59. The summed E-state index contributed by atoms with van der Waals surface area (Å²) in [6.45, 7) is 2.23. The van der Waals surface area contributed by atoms with E-state index in [2.05, 4.69) is 16.5 Å². The average molecular weight is 308 g/mol. The first-order valence-electron chi connectivity index (χ1n) is 7.06. The molecule has 2 atom stereocenters. The molecular formula is C15H17FN2O2S. The van der Waals surface area contributed by atoms with Crippen molar-refractivity contribution in [2.24, 2.45) is 5.92 Å². The molecule has 1 aliphatic carbocycles. The van der Waals surface area contributed by atoms with E-state index >= 15 is 0 Å². The summed E-state index contributed by atoms with van der Waals surface area (Å²) in [5.41, 5.74) is 1.49. The van der Waals surface area contributed by atoms with Gasteiger partial charge in [-0.15, -0.1) is 0 Å². The van der Waals surface area contributed by atoms with Crippen LogP contribution in [0.3, 0.4) is 0 Å². The van der Waals surface area contributed by atoms with E-state index in [1.165, 1.54) is 23.9 Å². The van der Waals surface area contributed by atoms with Gasteiger partial charge in [0.25, 0.3) is 0 Å². The van der Waals surface area contributed by atoms with Crippen LogP contribution in [0.1, 0.15) is 32.2 Å². The first-order valence-corrected chi connectivity index (χ1v) is 8.05. The smallest absolute Gasteiger partial charge is 0.313 e. The highest BCUT2D eigenvalue weighted by molar-refractivity contribution is 7.99. The summed E-state index contributed by atoms with van der Waals surface area (Å²) in [5, 5.41) is 9.55. The third kappa shape index (κ3) is 2.90. The van der Waals surface area contributed by atoms with E-state index < -0.39 is 5.97 Å². The van der Waals surface area contributed by atoms with Gasteiger partial charge in [0.05, 0.1) is 16.8 Å². The van der Waals surface area contributed by atoms with Gasteiger partial charge >= 0.3 is 5.97 Å². The molecule has 0 spiro atoms. The monoisotopic (exact) mass is 308 g/mol. The molecular weight excluding hydrogens is 291 g/mol. The molecule has 21 heavy (non-hydrogen) atoms. The van der Waals surface area contributed by atoms with Crippen molar-refractivity contribution in [1.29, 1.82) is 0 Å². The van der Waals surface area contributed by atoms with Crippen molar-refractivity contribution in [1.82, 2.24) is 9.55 Å². The van der Waals surface area contributed by atoms with Crippen LogP contribution in [0.25, 0.3) is 11.0 Å². The lowest BCUT2D eigenvalue weighted by molar-refractivity contribution is -0.133. The van der Waals surface area contributed by atoms with Crippen LogP contribution in [0, 0.1) is 11.7 Å². The Hall–Kier alpha value is -1.56. The molecule has 1 N–H and O–H groups in total. The normalized spacial score (nSPS) is 22.0. The van der Waals surface area contributed by atoms with Crippen molar-refractivity contribution in [3.63, 3.8) is 0 Å². The number of rotatable bonds is 4. The number of carbonyl (C=O) groups is 1. The molecule has 0 bridgehead atoms. The van der Waals surface area contributed by atoms with Crippen LogP contribution in [-0.2, 0) is 4.79 Å². The molecule has 2 unspecified atom stereocenters. The minimum atomic E-state index is -0.871. The molecule has 1 fully saturated rings. The number of fused-ring (bicyclic) bond motifs is 1. The number of carboxylic acids is 1. The fourth-order valence-corrected chi connectivity index (χ4v) is 3.84. The molecule has 0 aliphatic heterocycles. The Labute approximate surface area is 126 Å². The van der Waals surface area contributed by atoms with Gasteiger partial charge < -0.3 is 9.67 Å². The molecule has 3 rings (SSSR count). The van der Waals surface area contributed by atoms with Crippen LogP contribution in [-0.4, -0.2) is 26.4 Å². The Morgan fingerprint density at radius 2 is 2.33 bits per heavy atom. The summed E-state index contributed by atoms with van der Waals surface area (Å²) in [5.74, 6) is -0.565. The van der Waals surface area contributed by atoms with Crippen molar-refractivity contribution in [3.05, 3.63) is 24.0 Å². The summed E-state index contributed by atoms with van der Waals surface area (Å²) in [6, 6.07) is 4.91. The van der Waals surface area contributed by atoms with Gasteiger partial charge in [-0.3, -0.25) is 4.79 Å². The van der Waals surface area contributed by atoms with Gasteiger partial charge in [-0.2, -0.15) is 0 Å². The number of halogens is 1. The average Bonchev–Trinajstić information content (AvgIpc) is 2.98. The highest BCUT2D eigenvalue weighted by atomic mass is 32.2. The van der Waals surface area contributed by atoms with Crippen molar-refractivity contribution < 1.29 is 14.3 Å². The van der Waals surface area contributed by atoms with Gasteiger partial charge in [0, 0.05) is 12.1 Å². The fourth-order valence-electron chi connectivity index (χ4n) is 3.04. The fraction of sp³-hybridized carbons (Fsp3) is 0.467. The summed E-state index contributed by atoms with van der Waals surface area (Å²) >= 11 is 1.20. The number of thioether (sulfide) groups is 1. The topological polar surface area (TPSA) is 55.1 Å². The second-order valence-electron chi connectivity index (χ2n) is 5.65. The largest absolute Gasteiger partial charge is 0.481 e. The van der Waals surface area contributed by atoms with Gasteiger partial charge in [-0.1, -0.05) is 18.7 Å². The van der Waals surface area contributed by atoms with E-state index in [0.717, 1.165) is 24.8 Å². The van der Waals surface area contributed by atoms with Crippen LogP contribution in [0.4, 0.5) is 4.39 Å². The summed E-state index contributed by atoms with van der Waals surface area (Å²) in [4.78, 5) is 15.2. The zero-order chi connectivity index (χ0) is 15.0. The Balaban J connectivity index is 2.04. The number of aromatic nitrogens is 2. The van der Waals surface area contributed by atoms with Crippen LogP contribution in [0.15, 0.2) is 23.4 Å². The third-order valence-electron chi connectivity index (χ3n) is 3.98. The molecule has 6 heteroatoms. The third-order valence-corrected chi connectivity index (χ3v) is 4.91. The molecule has 4 nitrogen and oxygen atoms in total. The maximum absolute atomic E-state index is 13.4. The highest BCUT2D eigenvalue weighted by Gasteiger charge is 2.27. The Morgan fingerprint density at radius 3 is 3.00 bits per heavy atom. The lowest BCUT2D eigenvalue weighted by Gasteiger charge is -2.16. The predicted molar refractivity (Wildman–Crippen MR) is 80.1 cm³/mol. The quantitative estimate of drug-likeness (QED) is 0.875. The number of aliphatic carboxylic acids is 1. The second kappa shape index (κ2) is 5.67. The Bertz CT molecular complexity index is 686. The first-order chi connectivity index (χ1) is 10.0. The number of carboxylic acid groups (broad SMARTS) is 1. The molecule has 1 aliphatic rings. The highest BCUT2D eigenvalue weighted by Crippen LogP contribution is 2.39. The zero-order valence-corrected chi connectivity index (χ0v) is 12.6. The first kappa shape index (κ1) is 14.4. The van der Waals surface area contributed by atoms with E-state index in [0.29, 0.717) is 22.6 Å². The van der Waals surface area contributed by atoms with Gasteiger partial charge in [0.1, 0.15) is 5.82 Å². The van der Waals surface area contributed by atoms with Gasteiger partial charge in [-0.05, 0) is 37.3 Å². The van der Waals surface area contributed by atoms with Gasteiger partial charge in [0.2, 0.25) is 0 Å². The molecule has 1 aromatic carbocycles. The summed E-state index contributed by atoms with van der Waals surface area (Å²) in [7, 11) is 0. The maximum atomic E-state index is 13.4. The number of nitrogens with zero attached hydrogens (tertiary/aromatic N) is 2. The van der Waals surface area contributed by atoms with Crippen LogP contribution >= 0.6 is 11.8 Å². The zero-order valence-electron chi connectivity index (χ0n) is 11.8. The number of hydrogen-bond acceptors (Lipinski definition) is 3. The molecule has 1 saturated carbocycles. The van der Waals surface area contributed by atoms with Crippen molar-refractivity contribution >= 4 is 28.8 Å². The van der Waals surface area contributed by atoms with Crippen LogP contribution < -0.4 is 0 Å². The predicted octanol–water partition coefficient (Wildman–Crippen LogP) is 3.71. The SMILES string of the molecule is CC1CCC(n2c(SCC(=O)O)nc3cc(F)ccc32)C1. The Kier molecular flexibility index (Phi) is 3.89. The summed E-state index contributed by atoms with van der Waals surface area (Å²) in [6.07, 6.45) is 3.28. The van der Waals surface area contributed by atoms with Crippen molar-refractivity contribution in [2.75, 3.05) is 5.75 Å². The van der Waals surface area contributed by atoms with E-state index in [1.54, 1.807) is 6.07 Å².